The zero-order valence-corrected chi connectivity index (χ0v) is 18.3. The fourth-order valence-corrected chi connectivity index (χ4v) is 3.07. The van der Waals surface area contributed by atoms with Crippen LogP contribution in [-0.2, 0) is 0 Å². The van der Waals surface area contributed by atoms with Crippen LogP contribution in [0.25, 0.3) is 5.82 Å². The third-order valence-corrected chi connectivity index (χ3v) is 4.68. The Balaban J connectivity index is 1.38. The number of hydrogen-bond acceptors (Lipinski definition) is 7. The average molecular weight is 446 g/mol. The molecule has 2 aromatic heterocycles. The van der Waals surface area contributed by atoms with E-state index >= 15 is 0 Å². The number of nitrogens with zero attached hydrogens (tertiary/aromatic N) is 4. The number of carbonyl (C=O) groups excluding carboxylic acids is 1. The van der Waals surface area contributed by atoms with E-state index in [0.717, 1.165) is 5.82 Å². The lowest BCUT2D eigenvalue weighted by Gasteiger charge is -2.12. The molecular formula is C23H22N6O4. The van der Waals surface area contributed by atoms with Gasteiger partial charge in [0, 0.05) is 35.9 Å². The Morgan fingerprint density at radius 1 is 0.879 bits per heavy atom. The Bertz CT molecular complexity index is 1260. The topological polar surface area (TPSA) is 112 Å². The van der Waals surface area contributed by atoms with Crippen LogP contribution in [0.3, 0.4) is 0 Å². The summed E-state index contributed by atoms with van der Waals surface area (Å²) in [6.45, 7) is 1.88. The van der Waals surface area contributed by atoms with Crippen LogP contribution < -0.4 is 24.8 Å². The normalized spacial score (nSPS) is 10.4. The summed E-state index contributed by atoms with van der Waals surface area (Å²) in [5.74, 6) is 3.51. The lowest BCUT2D eigenvalue weighted by Crippen LogP contribution is -2.19. The van der Waals surface area contributed by atoms with E-state index in [1.807, 2.05) is 17.7 Å². The summed E-state index contributed by atoms with van der Waals surface area (Å²) in [6, 6.07) is 13.4. The Hall–Kier alpha value is -4.60. The molecule has 0 spiro atoms. The summed E-state index contributed by atoms with van der Waals surface area (Å²) >= 11 is 0. The number of nitrogens with one attached hydrogen (secondary N) is 2. The van der Waals surface area contributed by atoms with Crippen molar-refractivity contribution >= 4 is 17.4 Å². The average Bonchev–Trinajstić information content (AvgIpc) is 3.26. The third kappa shape index (κ3) is 5.18. The SMILES string of the molecule is COc1ccc(NC(=O)Nc2ccc(Oc3cc(-n4ccnc4C)ncn3)cc2)cc1OC. The van der Waals surface area contributed by atoms with E-state index in [1.54, 1.807) is 61.8 Å². The van der Waals surface area contributed by atoms with Gasteiger partial charge in [0.15, 0.2) is 11.5 Å². The third-order valence-electron chi connectivity index (χ3n) is 4.68. The van der Waals surface area contributed by atoms with E-state index in [0.29, 0.717) is 40.3 Å². The molecule has 10 nitrogen and oxygen atoms in total. The van der Waals surface area contributed by atoms with Gasteiger partial charge in [-0.05, 0) is 43.3 Å². The maximum absolute atomic E-state index is 12.3. The van der Waals surface area contributed by atoms with Crippen LogP contribution in [0.15, 0.2) is 67.3 Å². The monoisotopic (exact) mass is 446 g/mol. The van der Waals surface area contributed by atoms with E-state index in [4.69, 9.17) is 14.2 Å². The molecule has 0 aliphatic rings. The van der Waals surface area contributed by atoms with Gasteiger partial charge in [0.05, 0.1) is 14.2 Å². The quantitative estimate of drug-likeness (QED) is 0.432. The van der Waals surface area contributed by atoms with E-state index < -0.39 is 6.03 Å². The first-order valence-electron chi connectivity index (χ1n) is 9.96. The summed E-state index contributed by atoms with van der Waals surface area (Å²) in [7, 11) is 3.09. The molecule has 0 aliphatic heterocycles. The van der Waals surface area contributed by atoms with Crippen molar-refractivity contribution in [2.45, 2.75) is 6.92 Å². The molecule has 4 aromatic rings. The molecule has 0 bridgehead atoms. The van der Waals surface area contributed by atoms with Gasteiger partial charge in [-0.15, -0.1) is 0 Å². The molecule has 10 heteroatoms. The number of rotatable bonds is 7. The van der Waals surface area contributed by atoms with Gasteiger partial charge in [-0.25, -0.2) is 19.7 Å². The van der Waals surface area contributed by atoms with Gasteiger partial charge < -0.3 is 24.8 Å². The highest BCUT2D eigenvalue weighted by Gasteiger charge is 2.09. The summed E-state index contributed by atoms with van der Waals surface area (Å²) in [5, 5.41) is 5.52. The number of hydrogen-bond donors (Lipinski definition) is 2. The van der Waals surface area contributed by atoms with E-state index in [1.165, 1.54) is 13.4 Å². The smallest absolute Gasteiger partial charge is 0.323 e. The second-order valence-corrected chi connectivity index (χ2v) is 6.83. The van der Waals surface area contributed by atoms with Crippen LogP contribution in [0.2, 0.25) is 0 Å². The maximum Gasteiger partial charge on any atom is 0.323 e. The second-order valence-electron chi connectivity index (χ2n) is 6.83. The molecule has 0 saturated carbocycles. The molecular weight excluding hydrogens is 424 g/mol. The molecule has 2 heterocycles. The lowest BCUT2D eigenvalue weighted by atomic mass is 10.2. The highest BCUT2D eigenvalue weighted by Crippen LogP contribution is 2.30. The van der Waals surface area contributed by atoms with Gasteiger partial charge in [-0.1, -0.05) is 0 Å². The van der Waals surface area contributed by atoms with Crippen LogP contribution in [0.4, 0.5) is 16.2 Å². The number of anilines is 2. The number of benzene rings is 2. The van der Waals surface area contributed by atoms with Crippen molar-refractivity contribution < 1.29 is 19.0 Å². The van der Waals surface area contributed by atoms with Gasteiger partial charge in [0.25, 0.3) is 0 Å². The Kier molecular flexibility index (Phi) is 6.35. The molecule has 0 atom stereocenters. The largest absolute Gasteiger partial charge is 0.493 e. The summed E-state index contributed by atoms with van der Waals surface area (Å²) < 4.78 is 18.1. The Morgan fingerprint density at radius 3 is 2.30 bits per heavy atom. The number of ether oxygens (including phenoxy) is 3. The van der Waals surface area contributed by atoms with Crippen LogP contribution in [0.5, 0.6) is 23.1 Å². The summed E-state index contributed by atoms with van der Waals surface area (Å²) in [4.78, 5) is 24.9. The number of amides is 2. The lowest BCUT2D eigenvalue weighted by molar-refractivity contribution is 0.262. The molecule has 0 fully saturated rings. The van der Waals surface area contributed by atoms with Crippen LogP contribution in [0.1, 0.15) is 5.82 Å². The van der Waals surface area contributed by atoms with Crippen molar-refractivity contribution in [1.82, 2.24) is 19.5 Å². The first-order valence-corrected chi connectivity index (χ1v) is 9.96. The molecule has 168 valence electrons. The maximum atomic E-state index is 12.3. The minimum Gasteiger partial charge on any atom is -0.493 e. The number of aromatic nitrogens is 4. The molecule has 33 heavy (non-hydrogen) atoms. The highest BCUT2D eigenvalue weighted by atomic mass is 16.5. The van der Waals surface area contributed by atoms with Gasteiger partial charge in [-0.2, -0.15) is 0 Å². The van der Waals surface area contributed by atoms with Crippen molar-refractivity contribution in [3.05, 3.63) is 73.1 Å². The zero-order valence-electron chi connectivity index (χ0n) is 18.3. The number of imidazole rings is 1. The highest BCUT2D eigenvalue weighted by molar-refractivity contribution is 5.99. The molecule has 2 amide bonds. The van der Waals surface area contributed by atoms with E-state index in [-0.39, 0.29) is 0 Å². The minimum absolute atomic E-state index is 0.389. The number of carbonyl (C=O) groups is 1. The first kappa shape index (κ1) is 21.6. The molecule has 0 radical (unpaired) electrons. The van der Waals surface area contributed by atoms with Crippen molar-refractivity contribution in [1.29, 1.82) is 0 Å². The fraction of sp³-hybridized carbons (Fsp3) is 0.130. The predicted molar refractivity (Wildman–Crippen MR) is 123 cm³/mol. The molecule has 4 rings (SSSR count). The van der Waals surface area contributed by atoms with Crippen molar-refractivity contribution in [3.8, 4) is 28.9 Å². The zero-order chi connectivity index (χ0) is 23.2. The second kappa shape index (κ2) is 9.69. The molecule has 0 unspecified atom stereocenters. The molecule has 0 saturated heterocycles. The van der Waals surface area contributed by atoms with Crippen LogP contribution in [-0.4, -0.2) is 39.8 Å². The molecule has 2 N–H and O–H groups in total. The van der Waals surface area contributed by atoms with Gasteiger partial charge in [-0.3, -0.25) is 4.57 Å². The Morgan fingerprint density at radius 2 is 1.61 bits per heavy atom. The minimum atomic E-state index is -0.396. The number of aryl methyl sites for hydroxylation is 1. The van der Waals surface area contributed by atoms with Crippen molar-refractivity contribution in [2.24, 2.45) is 0 Å². The van der Waals surface area contributed by atoms with E-state index in [9.17, 15) is 4.79 Å². The van der Waals surface area contributed by atoms with Gasteiger partial charge in [0.1, 0.15) is 23.7 Å². The number of methoxy groups -OCH3 is 2. The number of urea groups is 1. The summed E-state index contributed by atoms with van der Waals surface area (Å²) in [5.41, 5.74) is 1.16. The van der Waals surface area contributed by atoms with Crippen molar-refractivity contribution in [3.63, 3.8) is 0 Å². The fourth-order valence-electron chi connectivity index (χ4n) is 3.07. The van der Waals surface area contributed by atoms with Crippen LogP contribution in [0, 0.1) is 6.92 Å². The van der Waals surface area contributed by atoms with Crippen molar-refractivity contribution in [2.75, 3.05) is 24.9 Å². The standard InChI is InChI=1S/C23H22N6O4/c1-15-24-10-11-29(15)21-13-22(26-14-25-21)33-18-7-4-16(5-8-18)27-23(30)28-17-6-9-19(31-2)20(12-17)32-3/h4-14H,1-3H3,(H2,27,28,30). The first-order chi connectivity index (χ1) is 16.1. The predicted octanol–water partition coefficient (Wildman–Crippen LogP) is 4.42. The van der Waals surface area contributed by atoms with E-state index in [2.05, 4.69) is 25.6 Å². The van der Waals surface area contributed by atoms with Gasteiger partial charge in [0.2, 0.25) is 5.88 Å². The van der Waals surface area contributed by atoms with Gasteiger partial charge >= 0.3 is 6.03 Å². The molecule has 0 aliphatic carbocycles. The Labute approximate surface area is 190 Å². The van der Waals surface area contributed by atoms with Crippen LogP contribution >= 0.6 is 0 Å². The molecule has 2 aromatic carbocycles. The summed E-state index contributed by atoms with van der Waals surface area (Å²) in [6.07, 6.45) is 4.94.